The molecule has 1 amide bonds. The van der Waals surface area contributed by atoms with Gasteiger partial charge in [-0.2, -0.15) is 0 Å². The van der Waals surface area contributed by atoms with E-state index >= 15 is 0 Å². The van der Waals surface area contributed by atoms with Crippen LogP contribution in [0.4, 0.5) is 5.69 Å². The van der Waals surface area contributed by atoms with E-state index in [4.69, 9.17) is 4.42 Å². The molecular formula is C19H20N2O2S. The summed E-state index contributed by atoms with van der Waals surface area (Å²) in [5.74, 6) is 0.832. The molecule has 0 spiro atoms. The number of aryl methyl sites for hydroxylation is 1. The predicted molar refractivity (Wildman–Crippen MR) is 96.9 cm³/mol. The fraction of sp³-hybridized carbons (Fsp3) is 0.211. The van der Waals surface area contributed by atoms with E-state index in [1.807, 2.05) is 54.8 Å². The molecule has 0 aliphatic carbocycles. The third-order valence-electron chi connectivity index (χ3n) is 3.59. The second-order valence-corrected chi connectivity index (χ2v) is 6.75. The van der Waals surface area contributed by atoms with Gasteiger partial charge in [-0.25, -0.2) is 0 Å². The van der Waals surface area contributed by atoms with Crippen LogP contribution in [0.2, 0.25) is 0 Å². The number of thiophene rings is 1. The Labute approximate surface area is 145 Å². The van der Waals surface area contributed by atoms with Crippen molar-refractivity contribution in [3.05, 3.63) is 76.4 Å². The first-order valence-electron chi connectivity index (χ1n) is 7.83. The molecule has 0 unspecified atom stereocenters. The number of rotatable bonds is 7. The molecule has 0 aliphatic rings. The van der Waals surface area contributed by atoms with Gasteiger partial charge in [0.1, 0.15) is 5.76 Å². The van der Waals surface area contributed by atoms with Crippen LogP contribution in [-0.2, 0) is 17.9 Å². The Morgan fingerprint density at radius 1 is 1.17 bits per heavy atom. The summed E-state index contributed by atoms with van der Waals surface area (Å²) < 4.78 is 5.43. The lowest BCUT2D eigenvalue weighted by Crippen LogP contribution is -2.32. The standard InChI is InChI=1S/C19H20N2O2S/c1-15-5-2-6-16(11-15)20-19(22)14-21(12-17-7-3-9-23-17)13-18-8-4-10-24-18/h2-11H,12-14H2,1H3,(H,20,22). The third-order valence-corrected chi connectivity index (χ3v) is 4.45. The highest BCUT2D eigenvalue weighted by atomic mass is 32.1. The Morgan fingerprint density at radius 2 is 2.08 bits per heavy atom. The van der Waals surface area contributed by atoms with Gasteiger partial charge in [0.25, 0.3) is 0 Å². The van der Waals surface area contributed by atoms with E-state index in [9.17, 15) is 4.79 Å². The van der Waals surface area contributed by atoms with Gasteiger partial charge in [0.2, 0.25) is 5.91 Å². The number of carbonyl (C=O) groups is 1. The SMILES string of the molecule is Cc1cccc(NC(=O)CN(Cc2ccco2)Cc2cccs2)c1. The quantitative estimate of drug-likeness (QED) is 0.698. The molecule has 0 fully saturated rings. The maximum Gasteiger partial charge on any atom is 0.238 e. The number of nitrogens with one attached hydrogen (secondary N) is 1. The summed E-state index contributed by atoms with van der Waals surface area (Å²) >= 11 is 1.69. The highest BCUT2D eigenvalue weighted by Crippen LogP contribution is 2.15. The Bertz CT molecular complexity index is 730. The minimum absolute atomic E-state index is 0.0243. The van der Waals surface area contributed by atoms with Crippen molar-refractivity contribution in [3.8, 4) is 0 Å². The highest BCUT2D eigenvalue weighted by Gasteiger charge is 2.14. The van der Waals surface area contributed by atoms with Crippen molar-refractivity contribution < 1.29 is 9.21 Å². The molecule has 0 bridgehead atoms. The van der Waals surface area contributed by atoms with Crippen LogP contribution in [0.15, 0.2) is 64.6 Å². The molecule has 3 rings (SSSR count). The maximum atomic E-state index is 12.4. The Kier molecular flexibility index (Phi) is 5.46. The third kappa shape index (κ3) is 4.81. The Morgan fingerprint density at radius 3 is 2.79 bits per heavy atom. The lowest BCUT2D eigenvalue weighted by molar-refractivity contribution is -0.117. The normalized spacial score (nSPS) is 10.9. The fourth-order valence-corrected chi connectivity index (χ4v) is 3.29. The molecule has 0 atom stereocenters. The van der Waals surface area contributed by atoms with E-state index in [1.54, 1.807) is 17.6 Å². The van der Waals surface area contributed by atoms with Crippen molar-refractivity contribution in [1.29, 1.82) is 0 Å². The fourth-order valence-electron chi connectivity index (χ4n) is 2.54. The lowest BCUT2D eigenvalue weighted by atomic mass is 10.2. The molecule has 24 heavy (non-hydrogen) atoms. The van der Waals surface area contributed by atoms with E-state index in [0.29, 0.717) is 13.1 Å². The first-order valence-corrected chi connectivity index (χ1v) is 8.70. The van der Waals surface area contributed by atoms with Crippen LogP contribution in [0, 0.1) is 6.92 Å². The number of carbonyl (C=O) groups excluding carboxylic acids is 1. The van der Waals surface area contributed by atoms with Gasteiger partial charge in [0.05, 0.1) is 19.4 Å². The Balaban J connectivity index is 1.64. The summed E-state index contributed by atoms with van der Waals surface area (Å²) in [6, 6.07) is 15.7. The molecule has 1 aromatic carbocycles. The molecule has 2 heterocycles. The van der Waals surface area contributed by atoms with Crippen LogP contribution >= 0.6 is 11.3 Å². The lowest BCUT2D eigenvalue weighted by Gasteiger charge is -2.20. The number of amides is 1. The van der Waals surface area contributed by atoms with Gasteiger partial charge in [-0.1, -0.05) is 18.2 Å². The van der Waals surface area contributed by atoms with Crippen LogP contribution in [0.1, 0.15) is 16.2 Å². The van der Waals surface area contributed by atoms with Crippen LogP contribution < -0.4 is 5.32 Å². The van der Waals surface area contributed by atoms with Crippen molar-refractivity contribution in [3.63, 3.8) is 0 Å². The van der Waals surface area contributed by atoms with E-state index in [-0.39, 0.29) is 5.91 Å². The summed E-state index contributed by atoms with van der Waals surface area (Å²) in [7, 11) is 0. The van der Waals surface area contributed by atoms with Crippen molar-refractivity contribution in [2.45, 2.75) is 20.0 Å². The van der Waals surface area contributed by atoms with Gasteiger partial charge >= 0.3 is 0 Å². The molecule has 0 saturated carbocycles. The van der Waals surface area contributed by atoms with Gasteiger partial charge in [-0.05, 0) is 48.2 Å². The van der Waals surface area contributed by atoms with Crippen LogP contribution in [0.5, 0.6) is 0 Å². The van der Waals surface area contributed by atoms with Crippen LogP contribution in [0.25, 0.3) is 0 Å². The zero-order valence-electron chi connectivity index (χ0n) is 13.6. The van der Waals surface area contributed by atoms with E-state index < -0.39 is 0 Å². The minimum Gasteiger partial charge on any atom is -0.468 e. The maximum absolute atomic E-state index is 12.4. The van der Waals surface area contributed by atoms with Gasteiger partial charge in [0.15, 0.2) is 0 Å². The van der Waals surface area contributed by atoms with Gasteiger partial charge in [-0.3, -0.25) is 9.69 Å². The van der Waals surface area contributed by atoms with Crippen LogP contribution in [-0.4, -0.2) is 17.4 Å². The molecule has 0 aliphatic heterocycles. The molecule has 1 N–H and O–H groups in total. The zero-order valence-corrected chi connectivity index (χ0v) is 14.4. The molecule has 3 aromatic rings. The topological polar surface area (TPSA) is 45.5 Å². The summed E-state index contributed by atoms with van der Waals surface area (Å²) in [6.45, 7) is 3.65. The highest BCUT2D eigenvalue weighted by molar-refractivity contribution is 7.09. The number of benzene rings is 1. The largest absolute Gasteiger partial charge is 0.468 e. The number of hydrogen-bond donors (Lipinski definition) is 1. The van der Waals surface area contributed by atoms with Crippen molar-refractivity contribution in [2.24, 2.45) is 0 Å². The summed E-state index contributed by atoms with van der Waals surface area (Å²) in [5, 5.41) is 5.01. The van der Waals surface area contributed by atoms with Gasteiger partial charge < -0.3 is 9.73 Å². The average molecular weight is 340 g/mol. The summed E-state index contributed by atoms with van der Waals surface area (Å²) in [5.41, 5.74) is 1.95. The van der Waals surface area contributed by atoms with Crippen LogP contribution in [0.3, 0.4) is 0 Å². The molecule has 0 radical (unpaired) electrons. The van der Waals surface area contributed by atoms with Gasteiger partial charge in [-0.15, -0.1) is 11.3 Å². The van der Waals surface area contributed by atoms with E-state index in [0.717, 1.165) is 23.6 Å². The van der Waals surface area contributed by atoms with Crippen molar-refractivity contribution >= 4 is 22.9 Å². The van der Waals surface area contributed by atoms with Crippen molar-refractivity contribution in [2.75, 3.05) is 11.9 Å². The second-order valence-electron chi connectivity index (χ2n) is 5.72. The van der Waals surface area contributed by atoms with E-state index in [2.05, 4.69) is 16.3 Å². The predicted octanol–water partition coefficient (Wildman–Crippen LogP) is 4.29. The molecule has 2 aromatic heterocycles. The van der Waals surface area contributed by atoms with E-state index in [1.165, 1.54) is 4.88 Å². The minimum atomic E-state index is -0.0243. The monoisotopic (exact) mass is 340 g/mol. The van der Waals surface area contributed by atoms with Gasteiger partial charge in [0, 0.05) is 17.1 Å². The first kappa shape index (κ1) is 16.5. The first-order chi connectivity index (χ1) is 11.7. The smallest absolute Gasteiger partial charge is 0.238 e. The number of nitrogens with zero attached hydrogens (tertiary/aromatic N) is 1. The molecule has 4 nitrogen and oxygen atoms in total. The molecular weight excluding hydrogens is 320 g/mol. The number of hydrogen-bond acceptors (Lipinski definition) is 4. The molecule has 5 heteroatoms. The second kappa shape index (κ2) is 7.95. The zero-order chi connectivity index (χ0) is 16.8. The summed E-state index contributed by atoms with van der Waals surface area (Å²) in [6.07, 6.45) is 1.66. The van der Waals surface area contributed by atoms with Crippen molar-refractivity contribution in [1.82, 2.24) is 4.90 Å². The molecule has 124 valence electrons. The number of furan rings is 1. The molecule has 0 saturated heterocycles. The number of anilines is 1. The average Bonchev–Trinajstić information content (AvgIpc) is 3.21. The Hall–Kier alpha value is -2.37. The summed E-state index contributed by atoms with van der Waals surface area (Å²) in [4.78, 5) is 15.7.